The van der Waals surface area contributed by atoms with Crippen molar-refractivity contribution in [3.63, 3.8) is 0 Å². The van der Waals surface area contributed by atoms with Gasteiger partial charge >= 0.3 is 0 Å². The van der Waals surface area contributed by atoms with Crippen molar-refractivity contribution in [1.82, 2.24) is 4.98 Å². The number of pyridine rings is 1. The lowest BCUT2D eigenvalue weighted by Crippen LogP contribution is -2.33. The van der Waals surface area contributed by atoms with Gasteiger partial charge in [-0.15, -0.1) is 0 Å². The Kier molecular flexibility index (Phi) is 4.24. The number of hydrogen-bond acceptors (Lipinski definition) is 3. The number of anilines is 2. The summed E-state index contributed by atoms with van der Waals surface area (Å²) in [4.78, 5) is 7.15. The lowest BCUT2D eigenvalue weighted by atomic mass is 10.1. The Morgan fingerprint density at radius 3 is 3.06 bits per heavy atom. The summed E-state index contributed by atoms with van der Waals surface area (Å²) in [6.45, 7) is 6.48. The molecule has 0 bridgehead atoms. The van der Waals surface area contributed by atoms with Crippen molar-refractivity contribution >= 4 is 11.6 Å². The summed E-state index contributed by atoms with van der Waals surface area (Å²) in [5, 5.41) is 3.28. The van der Waals surface area contributed by atoms with Gasteiger partial charge in [0.05, 0.1) is 0 Å². The van der Waals surface area contributed by atoms with Crippen LogP contribution in [0, 0.1) is 0 Å². The molecule has 1 aliphatic rings. The van der Waals surface area contributed by atoms with Gasteiger partial charge in [0.2, 0.25) is 0 Å². The predicted molar refractivity (Wildman–Crippen MR) is 73.7 cm³/mol. The molecular weight excluding hydrogens is 210 g/mol. The van der Waals surface area contributed by atoms with Crippen LogP contribution in [-0.2, 0) is 0 Å². The van der Waals surface area contributed by atoms with E-state index in [0.29, 0.717) is 6.04 Å². The van der Waals surface area contributed by atoms with E-state index in [0.717, 1.165) is 24.7 Å². The second kappa shape index (κ2) is 5.89. The van der Waals surface area contributed by atoms with Crippen molar-refractivity contribution in [2.75, 3.05) is 23.3 Å². The molecule has 1 N–H and O–H groups in total. The predicted octanol–water partition coefficient (Wildman–Crippen LogP) is 3.28. The van der Waals surface area contributed by atoms with Crippen LogP contribution in [0.15, 0.2) is 18.2 Å². The minimum atomic E-state index is 0.613. The van der Waals surface area contributed by atoms with Gasteiger partial charge in [0, 0.05) is 19.1 Å². The summed E-state index contributed by atoms with van der Waals surface area (Å²) in [6.07, 6.45) is 5.28. The standard InChI is InChI=1S/C14H23N3/c1-3-15-13-9-7-10-14(16-13)17-11-6-4-5-8-12(17)2/h7,9-10,12H,3-6,8,11H2,1-2H3,(H,15,16). The second-order valence-electron chi connectivity index (χ2n) is 4.80. The Bertz CT molecular complexity index is 351. The molecule has 2 heterocycles. The highest BCUT2D eigenvalue weighted by Gasteiger charge is 2.18. The first-order valence-corrected chi connectivity index (χ1v) is 6.79. The van der Waals surface area contributed by atoms with Crippen LogP contribution in [0.2, 0.25) is 0 Å². The molecule has 2 rings (SSSR count). The van der Waals surface area contributed by atoms with Gasteiger partial charge in [-0.05, 0) is 38.8 Å². The van der Waals surface area contributed by atoms with E-state index >= 15 is 0 Å². The lowest BCUT2D eigenvalue weighted by molar-refractivity contribution is 0.611. The quantitative estimate of drug-likeness (QED) is 0.868. The summed E-state index contributed by atoms with van der Waals surface area (Å²) in [5.74, 6) is 2.11. The summed E-state index contributed by atoms with van der Waals surface area (Å²) >= 11 is 0. The molecule has 3 nitrogen and oxygen atoms in total. The molecule has 1 atom stereocenters. The summed E-state index contributed by atoms with van der Waals surface area (Å²) in [5.41, 5.74) is 0. The van der Waals surface area contributed by atoms with E-state index in [1.807, 2.05) is 6.07 Å². The van der Waals surface area contributed by atoms with Gasteiger partial charge in [-0.1, -0.05) is 18.9 Å². The maximum absolute atomic E-state index is 4.69. The molecule has 3 heteroatoms. The monoisotopic (exact) mass is 233 g/mol. The Morgan fingerprint density at radius 1 is 1.35 bits per heavy atom. The van der Waals surface area contributed by atoms with Crippen LogP contribution < -0.4 is 10.2 Å². The first-order valence-electron chi connectivity index (χ1n) is 6.79. The largest absolute Gasteiger partial charge is 0.370 e. The highest BCUT2D eigenvalue weighted by atomic mass is 15.2. The fourth-order valence-electron chi connectivity index (χ4n) is 2.48. The Hall–Kier alpha value is -1.25. The fraction of sp³-hybridized carbons (Fsp3) is 0.643. The molecule has 1 saturated heterocycles. The Balaban J connectivity index is 2.16. The van der Waals surface area contributed by atoms with E-state index in [9.17, 15) is 0 Å². The van der Waals surface area contributed by atoms with Crippen LogP contribution >= 0.6 is 0 Å². The van der Waals surface area contributed by atoms with Crippen LogP contribution in [0.25, 0.3) is 0 Å². The lowest BCUT2D eigenvalue weighted by Gasteiger charge is -2.28. The van der Waals surface area contributed by atoms with Crippen LogP contribution in [0.3, 0.4) is 0 Å². The molecular formula is C14H23N3. The minimum Gasteiger partial charge on any atom is -0.370 e. The topological polar surface area (TPSA) is 28.2 Å². The maximum Gasteiger partial charge on any atom is 0.131 e. The molecule has 0 saturated carbocycles. The molecule has 17 heavy (non-hydrogen) atoms. The van der Waals surface area contributed by atoms with Gasteiger partial charge in [0.25, 0.3) is 0 Å². The van der Waals surface area contributed by atoms with E-state index < -0.39 is 0 Å². The van der Waals surface area contributed by atoms with Gasteiger partial charge in [-0.3, -0.25) is 0 Å². The summed E-state index contributed by atoms with van der Waals surface area (Å²) in [6, 6.07) is 6.87. The molecule has 1 fully saturated rings. The fourth-order valence-corrected chi connectivity index (χ4v) is 2.48. The van der Waals surface area contributed by atoms with E-state index in [1.54, 1.807) is 0 Å². The molecule has 0 amide bonds. The number of rotatable bonds is 3. The molecule has 0 spiro atoms. The number of aromatic nitrogens is 1. The van der Waals surface area contributed by atoms with E-state index in [1.165, 1.54) is 25.7 Å². The third-order valence-electron chi connectivity index (χ3n) is 3.44. The van der Waals surface area contributed by atoms with Gasteiger partial charge in [0.15, 0.2) is 0 Å². The third-order valence-corrected chi connectivity index (χ3v) is 3.44. The number of hydrogen-bond donors (Lipinski definition) is 1. The van der Waals surface area contributed by atoms with Crippen LogP contribution in [0.4, 0.5) is 11.6 Å². The van der Waals surface area contributed by atoms with Gasteiger partial charge < -0.3 is 10.2 Å². The molecule has 0 aliphatic carbocycles. The zero-order valence-corrected chi connectivity index (χ0v) is 10.9. The van der Waals surface area contributed by atoms with Gasteiger partial charge in [-0.2, -0.15) is 0 Å². The minimum absolute atomic E-state index is 0.613. The van der Waals surface area contributed by atoms with Crippen molar-refractivity contribution in [2.45, 2.75) is 45.6 Å². The van der Waals surface area contributed by atoms with Gasteiger partial charge in [0.1, 0.15) is 11.6 Å². The van der Waals surface area contributed by atoms with Crippen LogP contribution in [0.1, 0.15) is 39.5 Å². The molecule has 0 aromatic carbocycles. The summed E-state index contributed by atoms with van der Waals surface area (Å²) in [7, 11) is 0. The molecule has 1 aromatic rings. The average molecular weight is 233 g/mol. The second-order valence-corrected chi connectivity index (χ2v) is 4.80. The van der Waals surface area contributed by atoms with Crippen molar-refractivity contribution in [3.05, 3.63) is 18.2 Å². The van der Waals surface area contributed by atoms with Crippen molar-refractivity contribution < 1.29 is 0 Å². The highest BCUT2D eigenvalue weighted by molar-refractivity contribution is 5.47. The highest BCUT2D eigenvalue weighted by Crippen LogP contribution is 2.23. The Morgan fingerprint density at radius 2 is 2.24 bits per heavy atom. The van der Waals surface area contributed by atoms with Crippen molar-refractivity contribution in [3.8, 4) is 0 Å². The molecule has 1 unspecified atom stereocenters. The van der Waals surface area contributed by atoms with E-state index in [-0.39, 0.29) is 0 Å². The van der Waals surface area contributed by atoms with E-state index in [4.69, 9.17) is 4.98 Å². The third kappa shape index (κ3) is 3.11. The number of nitrogens with one attached hydrogen (secondary N) is 1. The molecule has 1 aliphatic heterocycles. The zero-order chi connectivity index (χ0) is 12.1. The van der Waals surface area contributed by atoms with Crippen LogP contribution in [0.5, 0.6) is 0 Å². The SMILES string of the molecule is CCNc1cccc(N2CCCCCC2C)n1. The first kappa shape index (κ1) is 12.2. The van der Waals surface area contributed by atoms with Crippen molar-refractivity contribution in [1.29, 1.82) is 0 Å². The molecule has 1 aromatic heterocycles. The summed E-state index contributed by atoms with van der Waals surface area (Å²) < 4.78 is 0. The zero-order valence-electron chi connectivity index (χ0n) is 10.9. The average Bonchev–Trinajstić information content (AvgIpc) is 2.55. The first-order chi connectivity index (χ1) is 8.31. The smallest absolute Gasteiger partial charge is 0.131 e. The van der Waals surface area contributed by atoms with Gasteiger partial charge in [-0.25, -0.2) is 4.98 Å². The number of nitrogens with zero attached hydrogens (tertiary/aromatic N) is 2. The van der Waals surface area contributed by atoms with Crippen molar-refractivity contribution in [2.24, 2.45) is 0 Å². The van der Waals surface area contributed by atoms with Crippen LogP contribution in [-0.4, -0.2) is 24.1 Å². The molecule has 94 valence electrons. The Labute approximate surface area is 104 Å². The van der Waals surface area contributed by atoms with E-state index in [2.05, 4.69) is 36.2 Å². The normalized spacial score (nSPS) is 21.1. The maximum atomic E-state index is 4.69. The molecule has 0 radical (unpaired) electrons.